The van der Waals surface area contributed by atoms with Crippen molar-refractivity contribution in [1.29, 1.82) is 0 Å². The monoisotopic (exact) mass is 408 g/mol. The lowest BCUT2D eigenvalue weighted by Gasteiger charge is -2.11. The fourth-order valence-electron chi connectivity index (χ4n) is 3.14. The molecule has 0 aliphatic heterocycles. The minimum atomic E-state index is -0.656. The molecule has 0 unspecified atom stereocenters. The van der Waals surface area contributed by atoms with Gasteiger partial charge >= 0.3 is 0 Å². The fourth-order valence-corrected chi connectivity index (χ4v) is 3.14. The molecule has 9 nitrogen and oxygen atoms in total. The number of nitro groups is 1. The third-order valence-electron chi connectivity index (χ3n) is 4.62. The molecular weight excluding hydrogens is 388 g/mol. The van der Waals surface area contributed by atoms with Gasteiger partial charge in [-0.05, 0) is 50.2 Å². The van der Waals surface area contributed by atoms with Gasteiger partial charge in [0.1, 0.15) is 5.75 Å². The first-order valence-electron chi connectivity index (χ1n) is 9.00. The second kappa shape index (κ2) is 8.48. The number of rotatable bonds is 5. The molecule has 0 radical (unpaired) electrons. The predicted octanol–water partition coefficient (Wildman–Crippen LogP) is 3.09. The summed E-state index contributed by atoms with van der Waals surface area (Å²) in [7, 11) is 1.59. The predicted molar refractivity (Wildman–Crippen MR) is 110 cm³/mol. The number of hydrogen-bond acceptors (Lipinski definition) is 5. The fraction of sp³-hybridized carbons (Fsp3) is 0.143. The molecule has 2 amide bonds. The normalized spacial score (nSPS) is 10.4. The zero-order valence-electron chi connectivity index (χ0n) is 16.6. The lowest BCUT2D eigenvalue weighted by atomic mass is 10.2. The van der Waals surface area contributed by atoms with Crippen LogP contribution in [0.15, 0.2) is 54.6 Å². The van der Waals surface area contributed by atoms with E-state index in [1.165, 1.54) is 18.2 Å². The van der Waals surface area contributed by atoms with E-state index in [-0.39, 0.29) is 11.3 Å². The van der Waals surface area contributed by atoms with E-state index in [2.05, 4.69) is 10.9 Å². The molecular formula is C21H20N4O5. The van der Waals surface area contributed by atoms with Crippen LogP contribution in [0.4, 0.5) is 5.69 Å². The number of nitro benzene ring substituents is 1. The summed E-state index contributed by atoms with van der Waals surface area (Å²) in [5.74, 6) is -0.430. The molecule has 2 N–H and O–H groups in total. The SMILES string of the molecule is COc1ccc(-n2c(C)cc(C(=O)NNC(=O)c3cccc([N+](=O)[O-])c3)c2C)cc1. The zero-order valence-corrected chi connectivity index (χ0v) is 16.6. The number of benzene rings is 2. The summed E-state index contributed by atoms with van der Waals surface area (Å²) < 4.78 is 7.08. The number of aryl methyl sites for hydroxylation is 1. The van der Waals surface area contributed by atoms with Gasteiger partial charge in [0.05, 0.1) is 17.6 Å². The first kappa shape index (κ1) is 20.6. The van der Waals surface area contributed by atoms with Gasteiger partial charge in [-0.3, -0.25) is 30.6 Å². The second-order valence-corrected chi connectivity index (χ2v) is 6.53. The van der Waals surface area contributed by atoms with Gasteiger partial charge in [0.15, 0.2) is 0 Å². The highest BCUT2D eigenvalue weighted by molar-refractivity contribution is 6.00. The summed E-state index contributed by atoms with van der Waals surface area (Å²) in [4.78, 5) is 35.1. The number of amides is 2. The maximum Gasteiger partial charge on any atom is 0.271 e. The van der Waals surface area contributed by atoms with Crippen molar-refractivity contribution >= 4 is 17.5 Å². The van der Waals surface area contributed by atoms with Gasteiger partial charge in [0, 0.05) is 34.8 Å². The number of methoxy groups -OCH3 is 1. The van der Waals surface area contributed by atoms with Gasteiger partial charge in [-0.2, -0.15) is 0 Å². The Bertz CT molecular complexity index is 1120. The number of aromatic nitrogens is 1. The van der Waals surface area contributed by atoms with Crippen molar-refractivity contribution in [3.8, 4) is 11.4 Å². The lowest BCUT2D eigenvalue weighted by Crippen LogP contribution is -2.41. The number of hydrazine groups is 1. The largest absolute Gasteiger partial charge is 0.497 e. The maximum atomic E-state index is 12.6. The standard InChI is InChI=1S/C21H20N4O5/c1-13-11-19(14(2)24(13)16-7-9-18(30-3)10-8-16)21(27)23-22-20(26)15-5-4-6-17(12-15)25(28)29/h4-12H,1-3H3,(H,22,26)(H,23,27). The minimum Gasteiger partial charge on any atom is -0.497 e. The van der Waals surface area contributed by atoms with Gasteiger partial charge in [-0.25, -0.2) is 0 Å². The van der Waals surface area contributed by atoms with Crippen LogP contribution in [-0.2, 0) is 0 Å². The van der Waals surface area contributed by atoms with Crippen LogP contribution >= 0.6 is 0 Å². The van der Waals surface area contributed by atoms with Crippen LogP contribution in [-0.4, -0.2) is 28.4 Å². The molecule has 0 spiro atoms. The molecule has 0 saturated heterocycles. The zero-order chi connectivity index (χ0) is 21.8. The van der Waals surface area contributed by atoms with Gasteiger partial charge in [0.2, 0.25) is 0 Å². The van der Waals surface area contributed by atoms with Crippen LogP contribution < -0.4 is 15.6 Å². The number of carbonyl (C=O) groups is 2. The highest BCUT2D eigenvalue weighted by Gasteiger charge is 2.18. The molecule has 3 rings (SSSR count). The van der Waals surface area contributed by atoms with E-state index in [4.69, 9.17) is 4.74 Å². The van der Waals surface area contributed by atoms with Crippen LogP contribution in [0.25, 0.3) is 5.69 Å². The molecule has 0 aliphatic rings. The smallest absolute Gasteiger partial charge is 0.271 e. The van der Waals surface area contributed by atoms with Crippen LogP contribution in [0.5, 0.6) is 5.75 Å². The highest BCUT2D eigenvalue weighted by Crippen LogP contribution is 2.22. The number of carbonyl (C=O) groups excluding carboxylic acids is 2. The molecule has 2 aromatic carbocycles. The first-order valence-corrected chi connectivity index (χ1v) is 9.00. The Kier molecular flexibility index (Phi) is 5.82. The molecule has 1 aromatic heterocycles. The van der Waals surface area contributed by atoms with Crippen LogP contribution in [0.3, 0.4) is 0 Å². The summed E-state index contributed by atoms with van der Waals surface area (Å²) in [5.41, 5.74) is 7.29. The topological polar surface area (TPSA) is 116 Å². The average Bonchev–Trinajstić information content (AvgIpc) is 3.05. The van der Waals surface area contributed by atoms with Gasteiger partial charge in [-0.15, -0.1) is 0 Å². The highest BCUT2D eigenvalue weighted by atomic mass is 16.6. The van der Waals surface area contributed by atoms with Crippen molar-refractivity contribution < 1.29 is 19.2 Å². The minimum absolute atomic E-state index is 0.0632. The Hall–Kier alpha value is -4.14. The van der Waals surface area contributed by atoms with E-state index in [1.807, 2.05) is 35.8 Å². The van der Waals surface area contributed by atoms with E-state index in [0.29, 0.717) is 11.3 Å². The molecule has 0 fully saturated rings. The molecule has 0 atom stereocenters. The maximum absolute atomic E-state index is 12.6. The van der Waals surface area contributed by atoms with Crippen molar-refractivity contribution in [2.75, 3.05) is 7.11 Å². The number of nitrogens with zero attached hydrogens (tertiary/aromatic N) is 2. The molecule has 1 heterocycles. The Morgan fingerprint density at radius 2 is 1.67 bits per heavy atom. The Labute approximate surface area is 172 Å². The average molecular weight is 408 g/mol. The van der Waals surface area contributed by atoms with Crippen molar-refractivity contribution in [1.82, 2.24) is 15.4 Å². The summed E-state index contributed by atoms with van der Waals surface area (Å²) >= 11 is 0. The van der Waals surface area contributed by atoms with Crippen molar-refractivity contribution in [2.45, 2.75) is 13.8 Å². The van der Waals surface area contributed by atoms with E-state index in [0.717, 1.165) is 23.2 Å². The Morgan fingerprint density at radius 1 is 1.00 bits per heavy atom. The molecule has 9 heteroatoms. The van der Waals surface area contributed by atoms with Crippen LogP contribution in [0, 0.1) is 24.0 Å². The Morgan fingerprint density at radius 3 is 2.30 bits per heavy atom. The quantitative estimate of drug-likeness (QED) is 0.497. The Balaban J connectivity index is 1.75. The molecule has 0 bridgehead atoms. The van der Waals surface area contributed by atoms with Gasteiger partial charge in [0.25, 0.3) is 17.5 Å². The number of ether oxygens (including phenoxy) is 1. The van der Waals surface area contributed by atoms with Crippen LogP contribution in [0.2, 0.25) is 0 Å². The molecule has 154 valence electrons. The van der Waals surface area contributed by atoms with Crippen molar-refractivity contribution in [2.24, 2.45) is 0 Å². The van der Waals surface area contributed by atoms with Crippen molar-refractivity contribution in [3.63, 3.8) is 0 Å². The lowest BCUT2D eigenvalue weighted by molar-refractivity contribution is -0.384. The third-order valence-corrected chi connectivity index (χ3v) is 4.62. The van der Waals surface area contributed by atoms with E-state index in [9.17, 15) is 19.7 Å². The van der Waals surface area contributed by atoms with Crippen molar-refractivity contribution in [3.05, 3.63) is 87.2 Å². The molecule has 0 saturated carbocycles. The molecule has 0 aliphatic carbocycles. The number of nitrogens with one attached hydrogen (secondary N) is 2. The third kappa shape index (κ3) is 4.14. The number of hydrogen-bond donors (Lipinski definition) is 2. The van der Waals surface area contributed by atoms with Gasteiger partial charge < -0.3 is 9.30 Å². The number of non-ortho nitro benzene ring substituents is 1. The second-order valence-electron chi connectivity index (χ2n) is 6.53. The summed E-state index contributed by atoms with van der Waals surface area (Å²) in [6.45, 7) is 3.67. The molecule has 30 heavy (non-hydrogen) atoms. The summed E-state index contributed by atoms with van der Waals surface area (Å²) in [5, 5.41) is 10.8. The van der Waals surface area contributed by atoms with E-state index < -0.39 is 16.7 Å². The van der Waals surface area contributed by atoms with Crippen LogP contribution in [0.1, 0.15) is 32.1 Å². The van der Waals surface area contributed by atoms with E-state index in [1.54, 1.807) is 20.1 Å². The molecule has 3 aromatic rings. The van der Waals surface area contributed by atoms with Gasteiger partial charge in [-0.1, -0.05) is 6.07 Å². The van der Waals surface area contributed by atoms with E-state index >= 15 is 0 Å². The summed E-state index contributed by atoms with van der Waals surface area (Å²) in [6.07, 6.45) is 0. The summed E-state index contributed by atoms with van der Waals surface area (Å²) in [6, 6.07) is 14.4. The first-order chi connectivity index (χ1) is 14.3.